The molecule has 0 fully saturated rings. The van der Waals surface area contributed by atoms with Gasteiger partial charge in [0.1, 0.15) is 13.2 Å². The molecular formula is C19H15Cl2N3O3S. The third kappa shape index (κ3) is 3.92. The highest BCUT2D eigenvalue weighted by atomic mass is 35.5. The maximum absolute atomic E-state index is 12.8. The van der Waals surface area contributed by atoms with Gasteiger partial charge in [-0.1, -0.05) is 23.2 Å². The summed E-state index contributed by atoms with van der Waals surface area (Å²) < 4.78 is 12.9. The molecule has 2 aromatic carbocycles. The molecule has 0 radical (unpaired) electrons. The van der Waals surface area contributed by atoms with Gasteiger partial charge in [0.25, 0.3) is 5.91 Å². The molecule has 6 nitrogen and oxygen atoms in total. The van der Waals surface area contributed by atoms with Gasteiger partial charge < -0.3 is 19.4 Å². The van der Waals surface area contributed by atoms with E-state index < -0.39 is 0 Å². The highest BCUT2D eigenvalue weighted by Crippen LogP contribution is 2.39. The van der Waals surface area contributed by atoms with Crippen molar-refractivity contribution in [3.8, 4) is 11.5 Å². The van der Waals surface area contributed by atoms with Crippen molar-refractivity contribution in [2.45, 2.75) is 10.1 Å². The number of fused-ring (bicyclic) bond motifs is 1. The molecule has 1 amide bonds. The fourth-order valence-corrected chi connectivity index (χ4v) is 3.98. The number of hydrogen-bond donors (Lipinski definition) is 1. The standard InChI is InChI=1S/C19H15Cl2N3O3S/c1-24-5-4-22-19(24)28-16-3-2-12(20)10-14(16)23-18(25)11-8-13(21)17-15(9-11)26-6-7-27-17/h2-5,8-10H,6-7H2,1H3,(H,23,25). The number of halogens is 2. The van der Waals surface area contributed by atoms with E-state index in [-0.39, 0.29) is 5.91 Å². The van der Waals surface area contributed by atoms with E-state index in [0.29, 0.717) is 46.0 Å². The van der Waals surface area contributed by atoms with Crippen molar-refractivity contribution in [1.82, 2.24) is 9.55 Å². The topological polar surface area (TPSA) is 65.4 Å². The summed E-state index contributed by atoms with van der Waals surface area (Å²) in [7, 11) is 1.90. The monoisotopic (exact) mass is 435 g/mol. The maximum Gasteiger partial charge on any atom is 0.255 e. The second kappa shape index (κ2) is 7.95. The number of amides is 1. The number of rotatable bonds is 4. The average Bonchev–Trinajstić information content (AvgIpc) is 3.08. The van der Waals surface area contributed by atoms with Crippen LogP contribution in [0.1, 0.15) is 10.4 Å². The fourth-order valence-electron chi connectivity index (χ4n) is 2.67. The van der Waals surface area contributed by atoms with Crippen LogP contribution in [-0.4, -0.2) is 28.7 Å². The molecule has 28 heavy (non-hydrogen) atoms. The number of nitrogens with zero attached hydrogens (tertiary/aromatic N) is 2. The lowest BCUT2D eigenvalue weighted by Crippen LogP contribution is -2.18. The van der Waals surface area contributed by atoms with E-state index in [1.54, 1.807) is 30.5 Å². The van der Waals surface area contributed by atoms with Gasteiger partial charge in [-0.15, -0.1) is 0 Å². The molecule has 0 saturated heterocycles. The predicted octanol–water partition coefficient (Wildman–Crippen LogP) is 4.90. The van der Waals surface area contributed by atoms with E-state index in [2.05, 4.69) is 10.3 Å². The zero-order chi connectivity index (χ0) is 19.7. The zero-order valence-electron chi connectivity index (χ0n) is 14.7. The largest absolute Gasteiger partial charge is 0.486 e. The Hall–Kier alpha value is -2.35. The summed E-state index contributed by atoms with van der Waals surface area (Å²) in [5, 5.41) is 4.53. The van der Waals surface area contributed by atoms with Gasteiger partial charge in [-0.2, -0.15) is 0 Å². The molecule has 144 valence electrons. The van der Waals surface area contributed by atoms with Crippen molar-refractivity contribution in [1.29, 1.82) is 0 Å². The Morgan fingerprint density at radius 2 is 2.04 bits per heavy atom. The first-order valence-electron chi connectivity index (χ1n) is 8.36. The first kappa shape index (κ1) is 19.0. The molecule has 0 aliphatic carbocycles. The summed E-state index contributed by atoms with van der Waals surface area (Å²) in [5.74, 6) is 0.582. The van der Waals surface area contributed by atoms with Crippen molar-refractivity contribution < 1.29 is 14.3 Å². The van der Waals surface area contributed by atoms with Crippen LogP contribution < -0.4 is 14.8 Å². The van der Waals surface area contributed by atoms with Crippen LogP contribution in [0.4, 0.5) is 5.69 Å². The summed E-state index contributed by atoms with van der Waals surface area (Å²) in [6.07, 6.45) is 3.57. The smallest absolute Gasteiger partial charge is 0.255 e. The number of benzene rings is 2. The second-order valence-corrected chi connectivity index (χ2v) is 7.85. The number of aryl methyl sites for hydroxylation is 1. The van der Waals surface area contributed by atoms with E-state index in [1.165, 1.54) is 11.8 Å². The van der Waals surface area contributed by atoms with E-state index in [0.717, 1.165) is 10.1 Å². The Morgan fingerprint density at radius 1 is 1.21 bits per heavy atom. The van der Waals surface area contributed by atoms with Gasteiger partial charge in [0, 0.05) is 34.9 Å². The zero-order valence-corrected chi connectivity index (χ0v) is 17.1. The van der Waals surface area contributed by atoms with Crippen LogP contribution in [0, 0.1) is 0 Å². The van der Waals surface area contributed by atoms with E-state index in [4.69, 9.17) is 32.7 Å². The van der Waals surface area contributed by atoms with Crippen LogP contribution in [0.2, 0.25) is 10.0 Å². The number of anilines is 1. The van der Waals surface area contributed by atoms with E-state index in [9.17, 15) is 4.79 Å². The molecule has 1 aliphatic rings. The molecule has 1 aliphatic heterocycles. The number of imidazole rings is 1. The Morgan fingerprint density at radius 3 is 2.82 bits per heavy atom. The number of carbonyl (C=O) groups is 1. The highest BCUT2D eigenvalue weighted by molar-refractivity contribution is 7.99. The average molecular weight is 436 g/mol. The molecule has 4 rings (SSSR count). The van der Waals surface area contributed by atoms with E-state index in [1.807, 2.05) is 23.9 Å². The van der Waals surface area contributed by atoms with Gasteiger partial charge >= 0.3 is 0 Å². The van der Waals surface area contributed by atoms with Crippen LogP contribution in [-0.2, 0) is 7.05 Å². The minimum absolute atomic E-state index is 0.330. The third-order valence-electron chi connectivity index (χ3n) is 4.03. The number of nitrogens with one attached hydrogen (secondary N) is 1. The Labute approximate surface area is 175 Å². The first-order valence-corrected chi connectivity index (χ1v) is 9.94. The molecule has 2 heterocycles. The minimum Gasteiger partial charge on any atom is -0.486 e. The molecule has 0 atom stereocenters. The number of carbonyl (C=O) groups excluding carboxylic acids is 1. The first-order chi connectivity index (χ1) is 13.5. The number of hydrogen-bond acceptors (Lipinski definition) is 5. The molecular weight excluding hydrogens is 421 g/mol. The maximum atomic E-state index is 12.8. The third-order valence-corrected chi connectivity index (χ3v) is 5.69. The summed E-state index contributed by atoms with van der Waals surface area (Å²) in [6, 6.07) is 8.48. The summed E-state index contributed by atoms with van der Waals surface area (Å²) in [6.45, 7) is 0.835. The van der Waals surface area contributed by atoms with Gasteiger partial charge in [0.2, 0.25) is 0 Å². The van der Waals surface area contributed by atoms with Crippen molar-refractivity contribution in [2.24, 2.45) is 7.05 Å². The van der Waals surface area contributed by atoms with Crippen LogP contribution >= 0.6 is 35.0 Å². The molecule has 0 bridgehead atoms. The van der Waals surface area contributed by atoms with Gasteiger partial charge in [0.05, 0.1) is 10.7 Å². The van der Waals surface area contributed by atoms with Gasteiger partial charge in [-0.05, 0) is 42.1 Å². The minimum atomic E-state index is -0.331. The Balaban J connectivity index is 1.62. The fraction of sp³-hybridized carbons (Fsp3) is 0.158. The number of aromatic nitrogens is 2. The summed E-state index contributed by atoms with van der Waals surface area (Å²) in [5.41, 5.74) is 0.943. The molecule has 0 unspecified atom stereocenters. The van der Waals surface area contributed by atoms with Gasteiger partial charge in [-0.25, -0.2) is 4.98 Å². The Bertz CT molecular complexity index is 1050. The van der Waals surface area contributed by atoms with Crippen LogP contribution in [0.25, 0.3) is 0 Å². The van der Waals surface area contributed by atoms with Gasteiger partial charge in [-0.3, -0.25) is 4.79 Å². The molecule has 1 aromatic heterocycles. The SMILES string of the molecule is Cn1ccnc1Sc1ccc(Cl)cc1NC(=O)c1cc(Cl)c2c(c1)OCCO2. The summed E-state index contributed by atoms with van der Waals surface area (Å²) in [4.78, 5) is 18.0. The second-order valence-electron chi connectivity index (χ2n) is 6.00. The van der Waals surface area contributed by atoms with Crippen LogP contribution in [0.3, 0.4) is 0 Å². The quantitative estimate of drug-likeness (QED) is 0.630. The molecule has 0 spiro atoms. The predicted molar refractivity (Wildman–Crippen MR) is 109 cm³/mol. The Kier molecular flexibility index (Phi) is 5.39. The number of ether oxygens (including phenoxy) is 2. The molecule has 0 saturated carbocycles. The highest BCUT2D eigenvalue weighted by Gasteiger charge is 2.20. The molecule has 9 heteroatoms. The van der Waals surface area contributed by atoms with Crippen LogP contribution in [0.15, 0.2) is 52.8 Å². The van der Waals surface area contributed by atoms with Crippen molar-refractivity contribution >= 4 is 46.6 Å². The normalized spacial score (nSPS) is 12.7. The van der Waals surface area contributed by atoms with E-state index >= 15 is 0 Å². The van der Waals surface area contributed by atoms with Gasteiger partial charge in [0.15, 0.2) is 16.7 Å². The van der Waals surface area contributed by atoms with Crippen molar-refractivity contribution in [3.05, 3.63) is 58.3 Å². The summed E-state index contributed by atoms with van der Waals surface area (Å²) >= 11 is 13.8. The lowest BCUT2D eigenvalue weighted by atomic mass is 10.1. The molecule has 1 N–H and O–H groups in total. The van der Waals surface area contributed by atoms with Crippen LogP contribution in [0.5, 0.6) is 11.5 Å². The molecule has 3 aromatic rings. The van der Waals surface area contributed by atoms with Crippen molar-refractivity contribution in [2.75, 3.05) is 18.5 Å². The lowest BCUT2D eigenvalue weighted by molar-refractivity contribution is 0.102. The lowest BCUT2D eigenvalue weighted by Gasteiger charge is -2.20. The van der Waals surface area contributed by atoms with Crippen molar-refractivity contribution in [3.63, 3.8) is 0 Å².